The molecule has 2 aromatic carbocycles. The highest BCUT2D eigenvalue weighted by atomic mass is 35.5. The molecule has 0 aliphatic carbocycles. The summed E-state index contributed by atoms with van der Waals surface area (Å²) in [5, 5.41) is 0.571. The lowest BCUT2D eigenvalue weighted by Gasteiger charge is -2.07. The Bertz CT molecular complexity index is 541. The van der Waals surface area contributed by atoms with Gasteiger partial charge in [-0.05, 0) is 23.3 Å². The molecule has 1 nitrogen and oxygen atoms in total. The summed E-state index contributed by atoms with van der Waals surface area (Å²) in [6.45, 7) is 0.227. The Morgan fingerprint density at radius 1 is 1.06 bits per heavy atom. The standard InChI is InChI=1S/C15H11ClO/c1-2-10-17-15-9-8-13(11-14(15)16)12-6-4-3-5-7-12/h1,3-9,11H,10H2. The molecule has 0 spiro atoms. The van der Waals surface area contributed by atoms with Gasteiger partial charge in [0, 0.05) is 0 Å². The summed E-state index contributed by atoms with van der Waals surface area (Å²) in [5.41, 5.74) is 2.18. The minimum Gasteiger partial charge on any atom is -0.479 e. The molecule has 17 heavy (non-hydrogen) atoms. The number of hydrogen-bond acceptors (Lipinski definition) is 1. The molecule has 2 aromatic rings. The lowest BCUT2D eigenvalue weighted by molar-refractivity contribution is 0.370. The molecule has 0 aromatic heterocycles. The number of terminal acetylenes is 1. The van der Waals surface area contributed by atoms with Crippen LogP contribution in [0, 0.1) is 12.3 Å². The predicted molar refractivity (Wildman–Crippen MR) is 71.2 cm³/mol. The van der Waals surface area contributed by atoms with E-state index in [1.54, 1.807) is 0 Å². The van der Waals surface area contributed by atoms with Crippen LogP contribution >= 0.6 is 11.6 Å². The van der Waals surface area contributed by atoms with Crippen LogP contribution in [0.2, 0.25) is 5.02 Å². The van der Waals surface area contributed by atoms with Crippen LogP contribution in [0.1, 0.15) is 0 Å². The number of rotatable bonds is 3. The number of hydrogen-bond donors (Lipinski definition) is 0. The molecular formula is C15H11ClO. The molecule has 0 unspecified atom stereocenters. The first-order valence-corrected chi connectivity index (χ1v) is 5.60. The molecule has 0 fully saturated rings. The van der Waals surface area contributed by atoms with Gasteiger partial charge in [-0.1, -0.05) is 53.9 Å². The zero-order valence-electron chi connectivity index (χ0n) is 9.19. The molecule has 84 valence electrons. The van der Waals surface area contributed by atoms with E-state index in [1.165, 1.54) is 0 Å². The van der Waals surface area contributed by atoms with Crippen LogP contribution in [0.5, 0.6) is 5.75 Å². The van der Waals surface area contributed by atoms with Gasteiger partial charge in [-0.3, -0.25) is 0 Å². The normalized spacial score (nSPS) is 9.65. The van der Waals surface area contributed by atoms with Crippen molar-refractivity contribution in [2.45, 2.75) is 0 Å². The van der Waals surface area contributed by atoms with Gasteiger partial charge < -0.3 is 4.74 Å². The van der Waals surface area contributed by atoms with Gasteiger partial charge in [0.05, 0.1) is 5.02 Å². The van der Waals surface area contributed by atoms with Gasteiger partial charge >= 0.3 is 0 Å². The molecule has 0 amide bonds. The van der Waals surface area contributed by atoms with Gasteiger partial charge in [-0.25, -0.2) is 0 Å². The number of ether oxygens (including phenoxy) is 1. The first kappa shape index (κ1) is 11.6. The smallest absolute Gasteiger partial charge is 0.148 e. The van der Waals surface area contributed by atoms with E-state index in [9.17, 15) is 0 Å². The Morgan fingerprint density at radius 3 is 2.47 bits per heavy atom. The second kappa shape index (κ2) is 5.43. The van der Waals surface area contributed by atoms with Crippen molar-refractivity contribution in [1.82, 2.24) is 0 Å². The lowest BCUT2D eigenvalue weighted by Crippen LogP contribution is -1.94. The van der Waals surface area contributed by atoms with Crippen molar-refractivity contribution in [3.63, 3.8) is 0 Å². The van der Waals surface area contributed by atoms with E-state index >= 15 is 0 Å². The molecule has 0 saturated heterocycles. The van der Waals surface area contributed by atoms with E-state index in [0.717, 1.165) is 11.1 Å². The largest absolute Gasteiger partial charge is 0.479 e. The fraction of sp³-hybridized carbons (Fsp3) is 0.0667. The van der Waals surface area contributed by atoms with E-state index in [-0.39, 0.29) is 6.61 Å². The van der Waals surface area contributed by atoms with Crippen LogP contribution in [0.25, 0.3) is 11.1 Å². The Balaban J connectivity index is 2.29. The average Bonchev–Trinajstić information content (AvgIpc) is 2.38. The van der Waals surface area contributed by atoms with Gasteiger partial charge in [0.25, 0.3) is 0 Å². The van der Waals surface area contributed by atoms with E-state index in [4.69, 9.17) is 22.8 Å². The molecule has 2 rings (SSSR count). The molecular weight excluding hydrogens is 232 g/mol. The first-order valence-electron chi connectivity index (χ1n) is 5.22. The van der Waals surface area contributed by atoms with Crippen molar-refractivity contribution in [2.24, 2.45) is 0 Å². The fourth-order valence-corrected chi connectivity index (χ4v) is 1.78. The van der Waals surface area contributed by atoms with Crippen molar-refractivity contribution < 1.29 is 4.74 Å². The summed E-state index contributed by atoms with van der Waals surface area (Å²) < 4.78 is 5.31. The Hall–Kier alpha value is -1.91. The van der Waals surface area contributed by atoms with Gasteiger partial charge in [0.2, 0.25) is 0 Å². The van der Waals surface area contributed by atoms with Crippen LogP contribution in [0.4, 0.5) is 0 Å². The molecule has 0 bridgehead atoms. The van der Waals surface area contributed by atoms with Gasteiger partial charge in [-0.2, -0.15) is 0 Å². The van der Waals surface area contributed by atoms with Crippen molar-refractivity contribution in [3.05, 3.63) is 53.6 Å². The summed E-state index contributed by atoms with van der Waals surface area (Å²) in [6, 6.07) is 15.7. The van der Waals surface area contributed by atoms with Crippen LogP contribution < -0.4 is 4.74 Å². The number of halogens is 1. The predicted octanol–water partition coefficient (Wildman–Crippen LogP) is 4.02. The third-order valence-corrected chi connectivity index (χ3v) is 2.65. The second-order valence-corrected chi connectivity index (χ2v) is 3.91. The highest BCUT2D eigenvalue weighted by Gasteiger charge is 2.03. The van der Waals surface area contributed by atoms with Gasteiger partial charge in [0.15, 0.2) is 0 Å². The molecule has 0 saturated carbocycles. The lowest BCUT2D eigenvalue weighted by atomic mass is 10.1. The summed E-state index contributed by atoms with van der Waals surface area (Å²) in [7, 11) is 0. The van der Waals surface area contributed by atoms with Crippen molar-refractivity contribution >= 4 is 11.6 Å². The maximum Gasteiger partial charge on any atom is 0.148 e. The summed E-state index contributed by atoms with van der Waals surface area (Å²) in [6.07, 6.45) is 5.13. The Kier molecular flexibility index (Phi) is 3.69. The molecule has 2 heteroatoms. The fourth-order valence-electron chi connectivity index (χ4n) is 1.55. The zero-order chi connectivity index (χ0) is 12.1. The molecule has 0 N–H and O–H groups in total. The molecule has 0 aliphatic heterocycles. The summed E-state index contributed by atoms with van der Waals surface area (Å²) in [5.74, 6) is 3.02. The van der Waals surface area contributed by atoms with Crippen LogP contribution in [0.3, 0.4) is 0 Å². The molecule has 0 atom stereocenters. The minimum absolute atomic E-state index is 0.227. The van der Waals surface area contributed by atoms with Gasteiger partial charge in [0.1, 0.15) is 12.4 Å². The number of benzene rings is 2. The van der Waals surface area contributed by atoms with E-state index in [1.807, 2.05) is 48.5 Å². The maximum atomic E-state index is 6.12. The monoisotopic (exact) mass is 242 g/mol. The van der Waals surface area contributed by atoms with Crippen LogP contribution in [0.15, 0.2) is 48.5 Å². The topological polar surface area (TPSA) is 9.23 Å². The third kappa shape index (κ3) is 2.81. The molecule has 0 radical (unpaired) electrons. The Labute approximate surface area is 106 Å². The average molecular weight is 243 g/mol. The third-order valence-electron chi connectivity index (χ3n) is 2.35. The Morgan fingerprint density at radius 2 is 1.82 bits per heavy atom. The van der Waals surface area contributed by atoms with Crippen molar-refractivity contribution in [2.75, 3.05) is 6.61 Å². The molecule has 0 heterocycles. The van der Waals surface area contributed by atoms with E-state index < -0.39 is 0 Å². The second-order valence-electron chi connectivity index (χ2n) is 3.50. The summed E-state index contributed by atoms with van der Waals surface area (Å²) >= 11 is 6.12. The van der Waals surface area contributed by atoms with Crippen LogP contribution in [-0.2, 0) is 0 Å². The van der Waals surface area contributed by atoms with E-state index in [2.05, 4.69) is 5.92 Å². The van der Waals surface area contributed by atoms with Gasteiger partial charge in [-0.15, -0.1) is 6.42 Å². The first-order chi connectivity index (χ1) is 8.31. The van der Waals surface area contributed by atoms with E-state index in [0.29, 0.717) is 10.8 Å². The quantitative estimate of drug-likeness (QED) is 0.739. The highest BCUT2D eigenvalue weighted by Crippen LogP contribution is 2.30. The molecule has 0 aliphatic rings. The SMILES string of the molecule is C#CCOc1ccc(-c2ccccc2)cc1Cl. The van der Waals surface area contributed by atoms with Crippen molar-refractivity contribution in [3.8, 4) is 29.2 Å². The van der Waals surface area contributed by atoms with Crippen LogP contribution in [-0.4, -0.2) is 6.61 Å². The summed E-state index contributed by atoms with van der Waals surface area (Å²) in [4.78, 5) is 0. The minimum atomic E-state index is 0.227. The zero-order valence-corrected chi connectivity index (χ0v) is 9.95. The maximum absolute atomic E-state index is 6.12. The van der Waals surface area contributed by atoms with Crippen molar-refractivity contribution in [1.29, 1.82) is 0 Å². The highest BCUT2D eigenvalue weighted by molar-refractivity contribution is 6.32.